The van der Waals surface area contributed by atoms with E-state index in [0.717, 1.165) is 5.56 Å². The van der Waals surface area contributed by atoms with Crippen molar-refractivity contribution < 1.29 is 9.18 Å². The van der Waals surface area contributed by atoms with Crippen molar-refractivity contribution in [1.82, 2.24) is 4.98 Å². The fourth-order valence-electron chi connectivity index (χ4n) is 1.50. The summed E-state index contributed by atoms with van der Waals surface area (Å²) in [5, 5.41) is 0. The number of Topliss-reactive ketones (excluding diaryl/α,β-unsaturated/α-hetero) is 1. The molecule has 2 rings (SSSR count). The molecule has 0 saturated carbocycles. The summed E-state index contributed by atoms with van der Waals surface area (Å²) in [6.07, 6.45) is 3.50. The van der Waals surface area contributed by atoms with Gasteiger partial charge < -0.3 is 0 Å². The van der Waals surface area contributed by atoms with Crippen LogP contribution in [0.4, 0.5) is 4.39 Å². The minimum atomic E-state index is -0.425. The Morgan fingerprint density at radius 2 is 1.94 bits per heavy atom. The Kier molecular flexibility index (Phi) is 3.64. The smallest absolute Gasteiger partial charge is 0.168 e. The van der Waals surface area contributed by atoms with Gasteiger partial charge in [-0.15, -0.1) is 0 Å². The van der Waals surface area contributed by atoms with Gasteiger partial charge in [-0.1, -0.05) is 12.1 Å². The lowest BCUT2D eigenvalue weighted by atomic mass is 10.0. The molecule has 0 fully saturated rings. The van der Waals surface area contributed by atoms with Gasteiger partial charge in [-0.25, -0.2) is 4.39 Å². The van der Waals surface area contributed by atoms with E-state index in [2.05, 4.69) is 20.9 Å². The van der Waals surface area contributed by atoms with E-state index >= 15 is 0 Å². The Hall–Kier alpha value is -1.55. The summed E-state index contributed by atoms with van der Waals surface area (Å²) in [6, 6.07) is 7.99. The summed E-state index contributed by atoms with van der Waals surface area (Å²) in [7, 11) is 0. The number of pyridine rings is 1. The number of hydrogen-bond acceptors (Lipinski definition) is 2. The van der Waals surface area contributed by atoms with Crippen LogP contribution in [0, 0.1) is 5.82 Å². The molecule has 0 unspecified atom stereocenters. The highest BCUT2D eigenvalue weighted by Gasteiger charge is 2.13. The molecule has 2 nitrogen and oxygen atoms in total. The molecule has 1 heterocycles. The Balaban J connectivity index is 2.24. The maximum absolute atomic E-state index is 13.3. The minimum absolute atomic E-state index is 0.123. The van der Waals surface area contributed by atoms with Crippen molar-refractivity contribution in [3.05, 3.63) is 64.1 Å². The maximum atomic E-state index is 13.3. The SMILES string of the molecule is O=C(Cc1ccncc1)c1cccc(F)c1Br. The van der Waals surface area contributed by atoms with E-state index in [1.165, 1.54) is 12.1 Å². The molecule has 0 N–H and O–H groups in total. The molecular formula is C13H9BrFNO. The molecule has 0 bridgehead atoms. The number of benzene rings is 1. The van der Waals surface area contributed by atoms with Crippen molar-refractivity contribution in [3.8, 4) is 0 Å². The van der Waals surface area contributed by atoms with E-state index in [0.29, 0.717) is 5.56 Å². The summed E-state index contributed by atoms with van der Waals surface area (Å²) in [4.78, 5) is 15.8. The molecule has 1 aromatic carbocycles. The Labute approximate surface area is 107 Å². The molecule has 0 aliphatic carbocycles. The van der Waals surface area contributed by atoms with Gasteiger partial charge >= 0.3 is 0 Å². The van der Waals surface area contributed by atoms with Crippen molar-refractivity contribution in [2.75, 3.05) is 0 Å². The third-order valence-corrected chi connectivity index (χ3v) is 3.17. The number of carbonyl (C=O) groups excluding carboxylic acids is 1. The van der Waals surface area contributed by atoms with Crippen LogP contribution in [-0.2, 0) is 6.42 Å². The highest BCUT2D eigenvalue weighted by molar-refractivity contribution is 9.10. The van der Waals surface area contributed by atoms with E-state index in [1.54, 1.807) is 30.6 Å². The molecule has 0 spiro atoms. The van der Waals surface area contributed by atoms with E-state index in [9.17, 15) is 9.18 Å². The van der Waals surface area contributed by atoms with Gasteiger partial charge in [-0.05, 0) is 39.7 Å². The van der Waals surface area contributed by atoms with E-state index in [-0.39, 0.29) is 16.7 Å². The summed E-state index contributed by atoms with van der Waals surface area (Å²) in [5.41, 5.74) is 1.22. The largest absolute Gasteiger partial charge is 0.294 e. The summed E-state index contributed by atoms with van der Waals surface area (Å²) < 4.78 is 13.5. The van der Waals surface area contributed by atoms with Gasteiger partial charge in [0.1, 0.15) is 5.82 Å². The standard InChI is InChI=1S/C13H9BrFNO/c14-13-10(2-1-3-11(13)15)12(17)8-9-4-6-16-7-5-9/h1-7H,8H2. The van der Waals surface area contributed by atoms with E-state index in [1.807, 2.05) is 0 Å². The molecule has 86 valence electrons. The molecule has 0 radical (unpaired) electrons. The van der Waals surface area contributed by atoms with Gasteiger partial charge in [0, 0.05) is 24.4 Å². The first-order valence-corrected chi connectivity index (χ1v) is 5.84. The Morgan fingerprint density at radius 3 is 2.65 bits per heavy atom. The first kappa shape index (κ1) is 11.9. The normalized spacial score (nSPS) is 10.2. The zero-order chi connectivity index (χ0) is 12.3. The molecule has 1 aromatic heterocycles. The fourth-order valence-corrected chi connectivity index (χ4v) is 1.99. The average molecular weight is 294 g/mol. The fraction of sp³-hybridized carbons (Fsp3) is 0.0769. The number of rotatable bonds is 3. The molecule has 2 aromatic rings. The van der Waals surface area contributed by atoms with Gasteiger partial charge in [0.05, 0.1) is 4.47 Å². The number of carbonyl (C=O) groups is 1. The Bertz CT molecular complexity index is 542. The molecule has 0 amide bonds. The summed E-state index contributed by atoms with van der Waals surface area (Å²) >= 11 is 3.09. The zero-order valence-corrected chi connectivity index (χ0v) is 10.4. The second kappa shape index (κ2) is 5.19. The lowest BCUT2D eigenvalue weighted by Gasteiger charge is -2.04. The topological polar surface area (TPSA) is 30.0 Å². The summed E-state index contributed by atoms with van der Waals surface area (Å²) in [6.45, 7) is 0. The quantitative estimate of drug-likeness (QED) is 0.812. The maximum Gasteiger partial charge on any atom is 0.168 e. The minimum Gasteiger partial charge on any atom is -0.294 e. The third-order valence-electron chi connectivity index (χ3n) is 2.37. The summed E-state index contributed by atoms with van der Waals surface area (Å²) in [5.74, 6) is -0.548. The van der Waals surface area contributed by atoms with Crippen molar-refractivity contribution in [2.45, 2.75) is 6.42 Å². The van der Waals surface area contributed by atoms with Crippen LogP contribution in [0.2, 0.25) is 0 Å². The predicted octanol–water partition coefficient (Wildman–Crippen LogP) is 3.41. The van der Waals surface area contributed by atoms with Crippen molar-refractivity contribution in [3.63, 3.8) is 0 Å². The second-order valence-corrected chi connectivity index (χ2v) is 4.35. The van der Waals surface area contributed by atoms with Crippen molar-refractivity contribution in [2.24, 2.45) is 0 Å². The monoisotopic (exact) mass is 293 g/mol. The van der Waals surface area contributed by atoms with Gasteiger partial charge in [0.15, 0.2) is 5.78 Å². The molecular weight excluding hydrogens is 285 g/mol. The first-order valence-electron chi connectivity index (χ1n) is 5.04. The third kappa shape index (κ3) is 2.77. The Morgan fingerprint density at radius 1 is 1.24 bits per heavy atom. The first-order chi connectivity index (χ1) is 8.18. The average Bonchev–Trinajstić information content (AvgIpc) is 2.34. The van der Waals surface area contributed by atoms with Crippen LogP contribution >= 0.6 is 15.9 Å². The van der Waals surface area contributed by atoms with Crippen LogP contribution in [0.3, 0.4) is 0 Å². The van der Waals surface area contributed by atoms with Gasteiger partial charge in [0.2, 0.25) is 0 Å². The predicted molar refractivity (Wildman–Crippen MR) is 66.4 cm³/mol. The molecule has 0 atom stereocenters. The van der Waals surface area contributed by atoms with Crippen LogP contribution in [-0.4, -0.2) is 10.8 Å². The van der Waals surface area contributed by atoms with E-state index < -0.39 is 5.82 Å². The van der Waals surface area contributed by atoms with Gasteiger partial charge in [-0.3, -0.25) is 9.78 Å². The van der Waals surface area contributed by atoms with Crippen LogP contribution in [0.15, 0.2) is 47.2 Å². The number of ketones is 1. The molecule has 4 heteroatoms. The van der Waals surface area contributed by atoms with Crippen LogP contribution in [0.5, 0.6) is 0 Å². The molecule has 0 saturated heterocycles. The lowest BCUT2D eigenvalue weighted by molar-refractivity contribution is 0.0991. The molecule has 0 aliphatic rings. The number of hydrogen-bond donors (Lipinski definition) is 0. The second-order valence-electron chi connectivity index (χ2n) is 3.56. The van der Waals surface area contributed by atoms with Gasteiger partial charge in [0.25, 0.3) is 0 Å². The number of nitrogens with zero attached hydrogens (tertiary/aromatic N) is 1. The van der Waals surface area contributed by atoms with Crippen molar-refractivity contribution in [1.29, 1.82) is 0 Å². The highest BCUT2D eigenvalue weighted by atomic mass is 79.9. The molecule has 0 aliphatic heterocycles. The van der Waals surface area contributed by atoms with Crippen molar-refractivity contribution >= 4 is 21.7 Å². The van der Waals surface area contributed by atoms with Gasteiger partial charge in [-0.2, -0.15) is 0 Å². The van der Waals surface area contributed by atoms with Crippen LogP contribution in [0.25, 0.3) is 0 Å². The van der Waals surface area contributed by atoms with Crippen LogP contribution in [0.1, 0.15) is 15.9 Å². The highest BCUT2D eigenvalue weighted by Crippen LogP contribution is 2.21. The zero-order valence-electron chi connectivity index (χ0n) is 8.86. The lowest BCUT2D eigenvalue weighted by Crippen LogP contribution is -2.05. The number of aromatic nitrogens is 1. The number of halogens is 2. The van der Waals surface area contributed by atoms with E-state index in [4.69, 9.17) is 0 Å². The van der Waals surface area contributed by atoms with Crippen LogP contribution < -0.4 is 0 Å². The molecule has 17 heavy (non-hydrogen) atoms.